The molecule has 0 aromatic rings. The van der Waals surface area contributed by atoms with Crippen LogP contribution < -0.4 is 0 Å². The normalized spacial score (nSPS) is 14.6. The quantitative estimate of drug-likeness (QED) is 0.450. The van der Waals surface area contributed by atoms with Crippen LogP contribution in [0.4, 0.5) is 0 Å². The molecule has 0 atom stereocenters. The molecule has 0 bridgehead atoms. The van der Waals surface area contributed by atoms with E-state index in [9.17, 15) is 4.79 Å². The molecule has 1 rings (SSSR count). The van der Waals surface area contributed by atoms with Gasteiger partial charge < -0.3 is 0 Å². The van der Waals surface area contributed by atoms with E-state index in [1.165, 1.54) is 12.3 Å². The van der Waals surface area contributed by atoms with Crippen molar-refractivity contribution in [3.63, 3.8) is 0 Å². The van der Waals surface area contributed by atoms with Crippen LogP contribution in [0.15, 0.2) is 17.1 Å². The second-order valence-corrected chi connectivity index (χ2v) is 0.976. The summed E-state index contributed by atoms with van der Waals surface area (Å²) < 4.78 is 0. The van der Waals surface area contributed by atoms with Crippen LogP contribution in [0.1, 0.15) is 0 Å². The number of nitrogens with zero attached hydrogens (tertiary/aromatic N) is 1. The van der Waals surface area contributed by atoms with Gasteiger partial charge in [-0.15, -0.1) is 0 Å². The molecular formula is C4H3NOSe. The first-order valence-electron chi connectivity index (χ1n) is 1.64. The molecule has 0 saturated carbocycles. The zero-order valence-electron chi connectivity index (χ0n) is 3.50. The Kier molecular flexibility index (Phi) is 2.56. The van der Waals surface area contributed by atoms with Crippen molar-refractivity contribution in [2.24, 2.45) is 4.99 Å². The summed E-state index contributed by atoms with van der Waals surface area (Å²) in [5, 5.41) is 0. The summed E-state index contributed by atoms with van der Waals surface area (Å²) in [6.07, 6.45) is 4.50. The zero-order valence-corrected chi connectivity index (χ0v) is 5.21. The van der Waals surface area contributed by atoms with Gasteiger partial charge in [0.05, 0.1) is 0 Å². The predicted molar refractivity (Wildman–Crippen MR) is 28.4 cm³/mol. The Morgan fingerprint density at radius 1 is 1.57 bits per heavy atom. The topological polar surface area (TPSA) is 29.4 Å². The van der Waals surface area contributed by atoms with Gasteiger partial charge in [-0.25, -0.2) is 4.99 Å². The molecule has 0 N–H and O–H groups in total. The maximum absolute atomic E-state index is 9.96. The summed E-state index contributed by atoms with van der Waals surface area (Å²) in [6, 6.07) is 0. The SMILES string of the molecule is O=C1C=CC=N1.[Se]. The van der Waals surface area contributed by atoms with Gasteiger partial charge in [-0.3, -0.25) is 4.79 Å². The number of aliphatic imine (C=N–C) groups is 1. The van der Waals surface area contributed by atoms with Gasteiger partial charge >= 0.3 is 0 Å². The number of carbonyl (C=O) groups is 1. The van der Waals surface area contributed by atoms with E-state index in [1.54, 1.807) is 6.08 Å². The number of hydrogen-bond donors (Lipinski definition) is 0. The van der Waals surface area contributed by atoms with Crippen molar-refractivity contribution in [2.75, 3.05) is 0 Å². The predicted octanol–water partition coefficient (Wildman–Crippen LogP) is -0.227. The first-order chi connectivity index (χ1) is 2.89. The third-order valence-corrected chi connectivity index (χ3v) is 0.527. The summed E-state index contributed by atoms with van der Waals surface area (Å²) in [5.74, 6) is -0.157. The molecule has 0 spiro atoms. The maximum atomic E-state index is 9.96. The van der Waals surface area contributed by atoms with Crippen LogP contribution in [0.3, 0.4) is 0 Å². The van der Waals surface area contributed by atoms with Crippen LogP contribution in [0, 0.1) is 0 Å². The van der Waals surface area contributed by atoms with Crippen molar-refractivity contribution in [3.8, 4) is 0 Å². The molecule has 1 heterocycles. The van der Waals surface area contributed by atoms with Gasteiger partial charge in [-0.2, -0.15) is 0 Å². The van der Waals surface area contributed by atoms with E-state index >= 15 is 0 Å². The second-order valence-electron chi connectivity index (χ2n) is 0.976. The van der Waals surface area contributed by atoms with Crippen molar-refractivity contribution < 1.29 is 4.79 Å². The van der Waals surface area contributed by atoms with Crippen LogP contribution >= 0.6 is 0 Å². The Morgan fingerprint density at radius 2 is 2.29 bits per heavy atom. The molecule has 1 amide bonds. The summed E-state index contributed by atoms with van der Waals surface area (Å²) in [6.45, 7) is 0. The van der Waals surface area contributed by atoms with Crippen LogP contribution in [0.5, 0.6) is 0 Å². The first kappa shape index (κ1) is 6.60. The average Bonchev–Trinajstić information content (AvgIpc) is 1.86. The van der Waals surface area contributed by atoms with Crippen LogP contribution in [0.25, 0.3) is 0 Å². The minimum atomic E-state index is -0.157. The van der Waals surface area contributed by atoms with E-state index in [1.807, 2.05) is 0 Å². The fourth-order valence-electron chi connectivity index (χ4n) is 0.285. The third-order valence-electron chi connectivity index (χ3n) is 0.527. The van der Waals surface area contributed by atoms with Crippen molar-refractivity contribution >= 4 is 29.2 Å². The molecule has 0 fully saturated rings. The smallest absolute Gasteiger partial charge is 0.267 e. The van der Waals surface area contributed by atoms with Gasteiger partial charge in [0.1, 0.15) is 0 Å². The minimum Gasteiger partial charge on any atom is -0.267 e. The van der Waals surface area contributed by atoms with E-state index in [0.29, 0.717) is 0 Å². The Hall–Kier alpha value is -0.401. The summed E-state index contributed by atoms with van der Waals surface area (Å²) >= 11 is 0. The molecule has 36 valence electrons. The Balaban J connectivity index is 0.000000360. The number of carbonyl (C=O) groups excluding carboxylic acids is 1. The van der Waals surface area contributed by atoms with Gasteiger partial charge in [0.15, 0.2) is 0 Å². The molecule has 2 radical (unpaired) electrons. The zero-order chi connectivity index (χ0) is 4.41. The van der Waals surface area contributed by atoms with E-state index in [2.05, 4.69) is 4.99 Å². The van der Waals surface area contributed by atoms with E-state index < -0.39 is 0 Å². The van der Waals surface area contributed by atoms with Gasteiger partial charge in [0.2, 0.25) is 0 Å². The van der Waals surface area contributed by atoms with Gasteiger partial charge in [0, 0.05) is 29.4 Å². The molecule has 0 aromatic heterocycles. The van der Waals surface area contributed by atoms with Crippen LogP contribution in [0.2, 0.25) is 0 Å². The van der Waals surface area contributed by atoms with E-state index in [4.69, 9.17) is 0 Å². The average molecular weight is 160 g/mol. The summed E-state index contributed by atoms with van der Waals surface area (Å²) in [7, 11) is 0. The maximum Gasteiger partial charge on any atom is 0.269 e. The summed E-state index contributed by atoms with van der Waals surface area (Å²) in [4.78, 5) is 13.3. The largest absolute Gasteiger partial charge is 0.269 e. The Labute approximate surface area is 51.8 Å². The molecule has 2 nitrogen and oxygen atoms in total. The van der Waals surface area contributed by atoms with E-state index in [0.717, 1.165) is 0 Å². The monoisotopic (exact) mass is 161 g/mol. The molecule has 0 aliphatic carbocycles. The van der Waals surface area contributed by atoms with Crippen molar-refractivity contribution in [1.82, 2.24) is 0 Å². The van der Waals surface area contributed by atoms with Crippen molar-refractivity contribution in [2.45, 2.75) is 0 Å². The minimum absolute atomic E-state index is 0. The molecule has 1 aliphatic heterocycles. The third kappa shape index (κ3) is 1.67. The standard InChI is InChI=1S/C4H3NO.Se/c6-4-2-1-3-5-4;/h1-3H;. The number of allylic oxidation sites excluding steroid dienone is 1. The summed E-state index contributed by atoms with van der Waals surface area (Å²) in [5.41, 5.74) is 0. The van der Waals surface area contributed by atoms with Gasteiger partial charge in [0.25, 0.3) is 5.91 Å². The van der Waals surface area contributed by atoms with Crippen molar-refractivity contribution in [1.29, 1.82) is 0 Å². The molecule has 1 aliphatic rings. The first-order valence-corrected chi connectivity index (χ1v) is 1.64. The Bertz CT molecular complexity index is 114. The molecule has 0 saturated heterocycles. The second kappa shape index (κ2) is 2.72. The van der Waals surface area contributed by atoms with Gasteiger partial charge in [-0.1, -0.05) is 0 Å². The Morgan fingerprint density at radius 3 is 2.43 bits per heavy atom. The fraction of sp³-hybridized carbons (Fsp3) is 0. The van der Waals surface area contributed by atoms with Crippen LogP contribution in [-0.2, 0) is 4.79 Å². The fourth-order valence-corrected chi connectivity index (χ4v) is 0.285. The van der Waals surface area contributed by atoms with Gasteiger partial charge in [-0.05, 0) is 6.08 Å². The number of rotatable bonds is 0. The molecular weight excluding hydrogens is 157 g/mol. The van der Waals surface area contributed by atoms with E-state index in [-0.39, 0.29) is 23.0 Å². The van der Waals surface area contributed by atoms with Crippen LogP contribution in [-0.4, -0.2) is 29.2 Å². The molecule has 7 heavy (non-hydrogen) atoms. The number of amides is 1. The number of hydrogen-bond acceptors (Lipinski definition) is 1. The molecule has 0 aromatic carbocycles. The van der Waals surface area contributed by atoms with Crippen molar-refractivity contribution in [3.05, 3.63) is 12.2 Å². The molecule has 3 heteroatoms. The molecule has 0 unspecified atom stereocenters.